The molecule has 0 saturated carbocycles. The summed E-state index contributed by atoms with van der Waals surface area (Å²) in [6, 6.07) is -0.174. The lowest BCUT2D eigenvalue weighted by atomic mass is 10.2. The fourth-order valence-corrected chi connectivity index (χ4v) is 1.71. The minimum atomic E-state index is -0.256. The number of likely N-dealkylation sites (tertiary alicyclic amines) is 1. The maximum Gasteiger partial charge on any atom is 0.307 e. The zero-order chi connectivity index (χ0) is 11.4. The topological polar surface area (TPSA) is 58.6 Å². The van der Waals surface area contributed by atoms with E-state index in [1.54, 1.807) is 11.9 Å². The van der Waals surface area contributed by atoms with Crippen LogP contribution in [0.5, 0.6) is 0 Å². The van der Waals surface area contributed by atoms with Gasteiger partial charge in [-0.3, -0.25) is 9.59 Å². The highest BCUT2D eigenvalue weighted by atomic mass is 16.5. The van der Waals surface area contributed by atoms with Crippen LogP contribution in [0, 0.1) is 0 Å². The first kappa shape index (κ1) is 12.0. The molecule has 1 amide bonds. The van der Waals surface area contributed by atoms with E-state index in [1.807, 2.05) is 6.92 Å². The molecule has 0 aromatic rings. The second-order valence-electron chi connectivity index (χ2n) is 3.95. The number of carbonyl (C=O) groups is 2. The molecule has 15 heavy (non-hydrogen) atoms. The molecule has 1 aliphatic rings. The van der Waals surface area contributed by atoms with Gasteiger partial charge in [0.1, 0.15) is 0 Å². The van der Waals surface area contributed by atoms with E-state index >= 15 is 0 Å². The highest BCUT2D eigenvalue weighted by Gasteiger charge is 2.29. The van der Waals surface area contributed by atoms with Crippen molar-refractivity contribution in [2.45, 2.75) is 31.8 Å². The van der Waals surface area contributed by atoms with Gasteiger partial charge >= 0.3 is 5.97 Å². The molecule has 2 unspecified atom stereocenters. The minimum absolute atomic E-state index is 0.0297. The van der Waals surface area contributed by atoms with Crippen LogP contribution in [0.25, 0.3) is 0 Å². The van der Waals surface area contributed by atoms with Crippen LogP contribution in [0.2, 0.25) is 0 Å². The number of hydrogen-bond donors (Lipinski definition) is 1. The van der Waals surface area contributed by atoms with Crippen molar-refractivity contribution in [3.63, 3.8) is 0 Å². The summed E-state index contributed by atoms with van der Waals surface area (Å²) in [5.74, 6) is -0.152. The molecule has 5 nitrogen and oxygen atoms in total. The first-order chi connectivity index (χ1) is 7.04. The number of likely N-dealkylation sites (N-methyl/N-ethyl adjacent to an activating group) is 1. The van der Waals surface area contributed by atoms with E-state index in [0.717, 1.165) is 13.0 Å². The molecule has 86 valence electrons. The Hall–Kier alpha value is -1.10. The van der Waals surface area contributed by atoms with Crippen molar-refractivity contribution in [3.05, 3.63) is 0 Å². The molecular formula is C10H18N2O3. The smallest absolute Gasteiger partial charge is 0.307 e. The van der Waals surface area contributed by atoms with Crippen LogP contribution >= 0.6 is 0 Å². The van der Waals surface area contributed by atoms with Crippen LogP contribution < -0.4 is 5.32 Å². The van der Waals surface area contributed by atoms with E-state index in [4.69, 9.17) is 0 Å². The first-order valence-electron chi connectivity index (χ1n) is 5.12. The molecule has 1 saturated heterocycles. The van der Waals surface area contributed by atoms with Crippen molar-refractivity contribution >= 4 is 11.9 Å². The highest BCUT2D eigenvalue weighted by molar-refractivity contribution is 5.83. The number of amides is 1. The summed E-state index contributed by atoms with van der Waals surface area (Å²) in [5, 5.41) is 3.13. The molecule has 1 fully saturated rings. The second kappa shape index (κ2) is 5.11. The van der Waals surface area contributed by atoms with Crippen LogP contribution in [0.1, 0.15) is 19.8 Å². The molecule has 0 radical (unpaired) electrons. The van der Waals surface area contributed by atoms with Gasteiger partial charge < -0.3 is 15.0 Å². The summed E-state index contributed by atoms with van der Waals surface area (Å²) in [5.41, 5.74) is 0. The van der Waals surface area contributed by atoms with Gasteiger partial charge in [0, 0.05) is 19.6 Å². The molecule has 5 heteroatoms. The molecule has 1 N–H and O–H groups in total. The molecule has 0 spiro atoms. The summed E-state index contributed by atoms with van der Waals surface area (Å²) < 4.78 is 4.56. The number of nitrogens with one attached hydrogen (secondary N) is 1. The van der Waals surface area contributed by atoms with Crippen molar-refractivity contribution in [3.8, 4) is 0 Å². The monoisotopic (exact) mass is 214 g/mol. The lowest BCUT2D eigenvalue weighted by molar-refractivity contribution is -0.141. The van der Waals surface area contributed by atoms with Crippen molar-refractivity contribution in [1.82, 2.24) is 10.2 Å². The fraction of sp³-hybridized carbons (Fsp3) is 0.800. The van der Waals surface area contributed by atoms with Crippen LogP contribution in [0.15, 0.2) is 0 Å². The Morgan fingerprint density at radius 3 is 2.87 bits per heavy atom. The largest absolute Gasteiger partial charge is 0.469 e. The zero-order valence-corrected chi connectivity index (χ0v) is 9.45. The maximum atomic E-state index is 11.5. The van der Waals surface area contributed by atoms with Crippen LogP contribution in [0.3, 0.4) is 0 Å². The number of carbonyl (C=O) groups excluding carboxylic acids is 2. The van der Waals surface area contributed by atoms with Crippen LogP contribution in [-0.4, -0.2) is 49.6 Å². The van der Waals surface area contributed by atoms with E-state index in [9.17, 15) is 9.59 Å². The zero-order valence-electron chi connectivity index (χ0n) is 9.45. The van der Waals surface area contributed by atoms with Gasteiger partial charge in [0.25, 0.3) is 0 Å². The Morgan fingerprint density at radius 2 is 2.40 bits per heavy atom. The first-order valence-corrected chi connectivity index (χ1v) is 5.12. The van der Waals surface area contributed by atoms with E-state index in [0.29, 0.717) is 6.42 Å². The van der Waals surface area contributed by atoms with Crippen molar-refractivity contribution < 1.29 is 14.3 Å². The van der Waals surface area contributed by atoms with E-state index in [1.165, 1.54) is 7.11 Å². The molecule has 0 aliphatic carbocycles. The average molecular weight is 214 g/mol. The molecule has 0 aromatic heterocycles. The van der Waals surface area contributed by atoms with Crippen LogP contribution in [-0.2, 0) is 14.3 Å². The number of methoxy groups -OCH3 is 1. The number of rotatable bonds is 4. The standard InChI is InChI=1S/C10H18N2O3/c1-7(6-9(13)15-3)11-8-4-5-12(2)10(8)14/h7-8,11H,4-6H2,1-3H3. The third kappa shape index (κ3) is 3.20. The molecular weight excluding hydrogens is 196 g/mol. The Kier molecular flexibility index (Phi) is 4.08. The Morgan fingerprint density at radius 1 is 1.73 bits per heavy atom. The SMILES string of the molecule is COC(=O)CC(C)NC1CCN(C)C1=O. The lowest BCUT2D eigenvalue weighted by Gasteiger charge is -2.17. The summed E-state index contributed by atoms with van der Waals surface area (Å²) in [6.45, 7) is 2.66. The van der Waals surface area contributed by atoms with E-state index in [2.05, 4.69) is 10.1 Å². The third-order valence-electron chi connectivity index (χ3n) is 2.61. The third-order valence-corrected chi connectivity index (χ3v) is 2.61. The van der Waals surface area contributed by atoms with Gasteiger partial charge in [-0.2, -0.15) is 0 Å². The molecule has 2 atom stereocenters. The van der Waals surface area contributed by atoms with Crippen molar-refractivity contribution in [2.24, 2.45) is 0 Å². The normalized spacial score (nSPS) is 23.0. The summed E-state index contributed by atoms with van der Waals surface area (Å²) in [4.78, 5) is 24.2. The summed E-state index contributed by atoms with van der Waals surface area (Å²) in [6.07, 6.45) is 1.10. The summed E-state index contributed by atoms with van der Waals surface area (Å²) >= 11 is 0. The average Bonchev–Trinajstić information content (AvgIpc) is 2.49. The van der Waals surface area contributed by atoms with Gasteiger partial charge in [0.15, 0.2) is 0 Å². The number of nitrogens with zero attached hydrogens (tertiary/aromatic N) is 1. The second-order valence-corrected chi connectivity index (χ2v) is 3.95. The molecule has 1 rings (SSSR count). The van der Waals surface area contributed by atoms with Gasteiger partial charge in [-0.1, -0.05) is 0 Å². The number of hydrogen-bond acceptors (Lipinski definition) is 4. The predicted molar refractivity (Wildman–Crippen MR) is 55.3 cm³/mol. The molecule has 1 heterocycles. The lowest BCUT2D eigenvalue weighted by Crippen LogP contribution is -2.42. The Bertz CT molecular complexity index is 255. The van der Waals surface area contributed by atoms with Gasteiger partial charge in [0.05, 0.1) is 19.6 Å². The van der Waals surface area contributed by atoms with Gasteiger partial charge in [0.2, 0.25) is 5.91 Å². The quantitative estimate of drug-likeness (QED) is 0.656. The van der Waals surface area contributed by atoms with Gasteiger partial charge in [-0.25, -0.2) is 0 Å². The van der Waals surface area contributed by atoms with Gasteiger partial charge in [-0.15, -0.1) is 0 Å². The number of esters is 1. The summed E-state index contributed by atoms with van der Waals surface area (Å²) in [7, 11) is 3.15. The van der Waals surface area contributed by atoms with Crippen molar-refractivity contribution in [1.29, 1.82) is 0 Å². The molecule has 1 aliphatic heterocycles. The van der Waals surface area contributed by atoms with E-state index in [-0.39, 0.29) is 24.0 Å². The minimum Gasteiger partial charge on any atom is -0.469 e. The Balaban J connectivity index is 2.35. The number of ether oxygens (including phenoxy) is 1. The Labute approximate surface area is 89.8 Å². The molecule has 0 aromatic carbocycles. The maximum absolute atomic E-state index is 11.5. The molecule has 0 bridgehead atoms. The van der Waals surface area contributed by atoms with Crippen LogP contribution in [0.4, 0.5) is 0 Å². The fourth-order valence-electron chi connectivity index (χ4n) is 1.71. The highest BCUT2D eigenvalue weighted by Crippen LogP contribution is 2.10. The van der Waals surface area contributed by atoms with Gasteiger partial charge in [-0.05, 0) is 13.3 Å². The predicted octanol–water partition coefficient (Wildman–Crippen LogP) is -0.242. The van der Waals surface area contributed by atoms with E-state index < -0.39 is 0 Å². The van der Waals surface area contributed by atoms with Crippen molar-refractivity contribution in [2.75, 3.05) is 20.7 Å².